The molecule has 0 aromatic carbocycles. The van der Waals surface area contributed by atoms with Crippen molar-refractivity contribution in [3.63, 3.8) is 0 Å². The molecule has 502 valence electrons. The number of halogens is 3. The van der Waals surface area contributed by atoms with Crippen LogP contribution in [0.15, 0.2) is 47.5 Å². The number of aliphatic hydroxyl groups is 2. The Balaban J connectivity index is 0.000000215. The molecule has 4 aliphatic carbocycles. The molecule has 6 heterocycles. The third kappa shape index (κ3) is 19.2. The highest BCUT2D eigenvalue weighted by Gasteiger charge is 2.39. The van der Waals surface area contributed by atoms with Crippen molar-refractivity contribution in [1.29, 1.82) is 0 Å². The summed E-state index contributed by atoms with van der Waals surface area (Å²) < 4.78 is 60.4. The summed E-state index contributed by atoms with van der Waals surface area (Å²) in [5, 5.41) is 30.4. The topological polar surface area (TPSA) is 170 Å². The molecule has 23 heteroatoms. The van der Waals surface area contributed by atoms with Crippen LogP contribution in [0.2, 0.25) is 103 Å². The molecule has 6 atom stereocenters. The van der Waals surface area contributed by atoms with Crippen LogP contribution in [0.4, 0.5) is 20.4 Å². The molecule has 4 fully saturated rings. The minimum Gasteiger partial charge on any atom is -0.384 e. The van der Waals surface area contributed by atoms with Gasteiger partial charge in [-0.1, -0.05) is 104 Å². The molecule has 0 aliphatic heterocycles. The summed E-state index contributed by atoms with van der Waals surface area (Å²) in [7, 11) is -5.03. The van der Waals surface area contributed by atoms with Crippen molar-refractivity contribution in [3.05, 3.63) is 81.9 Å². The highest BCUT2D eigenvalue weighted by Crippen LogP contribution is 2.51. The van der Waals surface area contributed by atoms with Crippen LogP contribution in [-0.2, 0) is 30.1 Å². The van der Waals surface area contributed by atoms with Crippen LogP contribution in [0.5, 0.6) is 0 Å². The Morgan fingerprint density at radius 1 is 0.516 bits per heavy atom. The number of nitrogens with zero attached hydrogens (tertiary/aromatic N) is 10. The summed E-state index contributed by atoms with van der Waals surface area (Å²) >= 11 is 4.03. The maximum absolute atomic E-state index is 15.3. The Bertz CT molecular complexity index is 3360. The Morgan fingerprint density at radius 3 is 1.27 bits per heavy atom. The monoisotopic (exact) mass is 1390 g/mol. The minimum atomic E-state index is -1.39. The second-order valence-corrected chi connectivity index (χ2v) is 56.2. The Kier molecular flexibility index (Phi) is 22.9. The SMILES string of the molecule is CC(C)(O)c1ncc(-c2cnn3c(N(COCC[Si](C)(C)C)COCC[Si](C)(C)C)c(Br)c(C4C[C@H]5CC[C@@H](C4)C5)nc23)cc1F.CC(C)(O)c1ncc(-c2cnn3c(N(COCC[Si](C)(C)C)COCC[Si](C)(C)C)cc(C4C[C@H]5CC[C@@H](C4)C5)nc23)cc1F. The van der Waals surface area contributed by atoms with Gasteiger partial charge in [-0.05, 0) is 142 Å². The first-order valence-corrected chi connectivity index (χ1v) is 49.2. The van der Waals surface area contributed by atoms with Crippen LogP contribution in [0.3, 0.4) is 0 Å². The Morgan fingerprint density at radius 2 is 0.890 bits per heavy atom. The maximum atomic E-state index is 15.3. The summed E-state index contributed by atoms with van der Waals surface area (Å²) in [4.78, 5) is 23.4. The van der Waals surface area contributed by atoms with Gasteiger partial charge in [-0.15, -0.1) is 0 Å². The smallest absolute Gasteiger partial charge is 0.165 e. The molecule has 4 saturated carbocycles. The lowest BCUT2D eigenvalue weighted by Crippen LogP contribution is -2.34. The van der Waals surface area contributed by atoms with Gasteiger partial charge in [0.1, 0.15) is 67.0 Å². The summed E-state index contributed by atoms with van der Waals surface area (Å²) in [5.41, 5.74) is 3.23. The van der Waals surface area contributed by atoms with Crippen LogP contribution in [0.1, 0.15) is 127 Å². The molecule has 6 aromatic rings. The lowest BCUT2D eigenvalue weighted by Gasteiger charge is -2.31. The zero-order valence-corrected chi connectivity index (χ0v) is 63.3. The van der Waals surface area contributed by atoms with Gasteiger partial charge in [0.2, 0.25) is 0 Å². The van der Waals surface area contributed by atoms with E-state index in [1.807, 2.05) is 9.03 Å². The van der Waals surface area contributed by atoms with E-state index in [1.165, 1.54) is 78.4 Å². The fraction of sp³-hybridized carbons (Fsp3) is 0.676. The molecular weight excluding hydrogens is 1280 g/mol. The molecule has 16 nitrogen and oxygen atoms in total. The van der Waals surface area contributed by atoms with Crippen molar-refractivity contribution in [1.82, 2.24) is 39.2 Å². The molecule has 2 unspecified atom stereocenters. The average Bonchev–Trinajstić information content (AvgIpc) is 1.68. The molecule has 0 radical (unpaired) electrons. The van der Waals surface area contributed by atoms with Gasteiger partial charge in [-0.2, -0.15) is 19.2 Å². The molecule has 0 spiro atoms. The fourth-order valence-electron chi connectivity index (χ4n) is 13.4. The maximum Gasteiger partial charge on any atom is 0.165 e. The number of ether oxygens (including phenoxy) is 4. The van der Waals surface area contributed by atoms with Crippen LogP contribution >= 0.6 is 15.9 Å². The van der Waals surface area contributed by atoms with Crippen molar-refractivity contribution in [2.75, 3.05) is 63.2 Å². The Labute approximate surface area is 553 Å². The molecule has 91 heavy (non-hydrogen) atoms. The van der Waals surface area contributed by atoms with E-state index in [4.69, 9.17) is 39.1 Å². The summed E-state index contributed by atoms with van der Waals surface area (Å²) in [6.45, 7) is 38.7. The van der Waals surface area contributed by atoms with E-state index in [-0.39, 0.29) is 11.4 Å². The third-order valence-electron chi connectivity index (χ3n) is 18.7. The summed E-state index contributed by atoms with van der Waals surface area (Å²) in [6, 6.07) is 9.38. The van der Waals surface area contributed by atoms with Crippen molar-refractivity contribution < 1.29 is 37.9 Å². The largest absolute Gasteiger partial charge is 0.384 e. The molecule has 0 amide bonds. The molecule has 4 aliphatic rings. The normalized spacial score (nSPS) is 20.6. The average molecular weight is 1390 g/mol. The van der Waals surface area contributed by atoms with Crippen LogP contribution in [0, 0.1) is 35.3 Å². The van der Waals surface area contributed by atoms with E-state index in [0.29, 0.717) is 98.7 Å². The first-order chi connectivity index (χ1) is 42.6. The third-order valence-corrected chi connectivity index (χ3v) is 26.3. The van der Waals surface area contributed by atoms with Gasteiger partial charge in [0.15, 0.2) is 17.1 Å². The van der Waals surface area contributed by atoms with Gasteiger partial charge in [-0.25, -0.2) is 18.7 Å². The number of pyridine rings is 2. The second kappa shape index (κ2) is 29.2. The van der Waals surface area contributed by atoms with E-state index in [9.17, 15) is 10.2 Å². The lowest BCUT2D eigenvalue weighted by molar-refractivity contribution is 0.0689. The predicted molar refractivity (Wildman–Crippen MR) is 377 cm³/mol. The Hall–Kier alpha value is -3.89. The van der Waals surface area contributed by atoms with Crippen molar-refractivity contribution in [3.8, 4) is 22.3 Å². The van der Waals surface area contributed by atoms with Crippen LogP contribution in [0.25, 0.3) is 33.5 Å². The van der Waals surface area contributed by atoms with Gasteiger partial charge in [0.05, 0.1) is 22.6 Å². The van der Waals surface area contributed by atoms with E-state index < -0.39 is 55.1 Å². The molecule has 6 aromatic heterocycles. The molecule has 2 N–H and O–H groups in total. The van der Waals surface area contributed by atoms with Gasteiger partial charge >= 0.3 is 0 Å². The van der Waals surface area contributed by atoms with Crippen molar-refractivity contribution in [2.45, 2.75) is 218 Å². The zero-order valence-electron chi connectivity index (χ0n) is 57.7. The first-order valence-electron chi connectivity index (χ1n) is 33.6. The number of rotatable bonds is 28. The standard InChI is InChI=1S/C34H53BrFN5O3Si2.C34H54FN5O3Si2/c1-34(2,42)31-28(36)18-26(19-37-31)27-20-38-41-32(27)39-30(25-16-23-9-10-24(15-23)17-25)29(35)33(41)40(21-43-11-13-45(3,4)5)22-44-12-14-46(6,7)8;1-34(2,41)32-29(35)18-27(20-36-32)28-21-37-40-31(19-30(38-33(28)40)26-16-24-9-10-25(15-24)17-26)39(22-42-11-13-44(3,4)5)23-43-12-14-45(6,7)8/h18-20,23-25,42H,9-17,21-22H2,1-8H3;18-21,24-26,41H,9-17,22-23H2,1-8H3/t23-,24+,25?;24-,25+,26?. The van der Waals surface area contributed by atoms with Crippen molar-refractivity contribution in [2.24, 2.45) is 23.7 Å². The molecule has 0 saturated heterocycles. The molecule has 4 bridgehead atoms. The second-order valence-electron chi connectivity index (χ2n) is 32.9. The van der Waals surface area contributed by atoms with Gasteiger partial charge < -0.3 is 39.0 Å². The van der Waals surface area contributed by atoms with E-state index in [2.05, 4.69) is 120 Å². The first kappa shape index (κ1) is 71.4. The quantitative estimate of drug-likeness (QED) is 0.0270. The van der Waals surface area contributed by atoms with Crippen LogP contribution < -0.4 is 9.80 Å². The highest BCUT2D eigenvalue weighted by molar-refractivity contribution is 9.10. The number of hydrogen-bond donors (Lipinski definition) is 2. The molecule has 10 rings (SSSR count). The number of anilines is 2. The minimum absolute atomic E-state index is 0.0135. The number of hydrogen-bond acceptors (Lipinski definition) is 14. The number of fused-ring (bicyclic) bond motifs is 6. The van der Waals surface area contributed by atoms with E-state index >= 15 is 8.78 Å². The highest BCUT2D eigenvalue weighted by atomic mass is 79.9. The van der Waals surface area contributed by atoms with Gasteiger partial charge in [0, 0.05) is 117 Å². The van der Waals surface area contributed by atoms with Crippen LogP contribution in [-0.4, -0.2) is 135 Å². The van der Waals surface area contributed by atoms with Gasteiger partial charge in [-0.3, -0.25) is 9.97 Å². The lowest BCUT2D eigenvalue weighted by atomic mass is 9.79. The van der Waals surface area contributed by atoms with E-state index in [0.717, 1.165) is 101 Å². The summed E-state index contributed by atoms with van der Waals surface area (Å²) in [5.74, 6) is 4.30. The predicted octanol–water partition coefficient (Wildman–Crippen LogP) is 16.5. The number of aromatic nitrogens is 8. The molecular formula is C68H107BrF2N10O6Si4. The summed E-state index contributed by atoms with van der Waals surface area (Å²) in [6.07, 6.45) is 19.1. The fourth-order valence-corrected chi connectivity index (χ4v) is 17.3. The van der Waals surface area contributed by atoms with Crippen molar-refractivity contribution >= 4 is 71.2 Å². The van der Waals surface area contributed by atoms with E-state index in [1.54, 1.807) is 24.8 Å². The zero-order chi connectivity index (χ0) is 66.0. The van der Waals surface area contributed by atoms with Gasteiger partial charge in [0.25, 0.3) is 0 Å².